The molecular formula is C20H18N4O. The Balaban J connectivity index is 1.90. The van der Waals surface area contributed by atoms with E-state index in [0.717, 1.165) is 16.6 Å². The van der Waals surface area contributed by atoms with Gasteiger partial charge in [0.05, 0.1) is 11.1 Å². The van der Waals surface area contributed by atoms with Crippen LogP contribution in [0.15, 0.2) is 60.4 Å². The standard InChI is InChI=1S/C20H18N4O/c1-14(2)9-10-25-19-11-16(8-7-15(19)12-21)24-20-17-5-3-4-6-18(17)22-13-23-20/h3-9,11,13H,10H2,1-2H3,(H,22,23,24). The fourth-order valence-electron chi connectivity index (χ4n) is 2.35. The first kappa shape index (κ1) is 16.5. The topological polar surface area (TPSA) is 70.8 Å². The van der Waals surface area contributed by atoms with E-state index in [4.69, 9.17) is 4.74 Å². The van der Waals surface area contributed by atoms with Gasteiger partial charge in [0.25, 0.3) is 0 Å². The van der Waals surface area contributed by atoms with Gasteiger partial charge in [0.1, 0.15) is 30.6 Å². The largest absolute Gasteiger partial charge is 0.488 e. The molecule has 0 aliphatic heterocycles. The molecule has 0 spiro atoms. The molecule has 0 saturated carbocycles. The number of aromatic nitrogens is 2. The summed E-state index contributed by atoms with van der Waals surface area (Å²) < 4.78 is 5.73. The maximum Gasteiger partial charge on any atom is 0.141 e. The van der Waals surface area contributed by atoms with Crippen LogP contribution >= 0.6 is 0 Å². The molecule has 0 amide bonds. The summed E-state index contributed by atoms with van der Waals surface area (Å²) in [6.45, 7) is 4.44. The van der Waals surface area contributed by atoms with Crippen molar-refractivity contribution in [3.8, 4) is 11.8 Å². The zero-order valence-corrected chi connectivity index (χ0v) is 14.2. The SMILES string of the molecule is CC(C)=CCOc1cc(Nc2ncnc3ccccc23)ccc1C#N. The summed E-state index contributed by atoms with van der Waals surface area (Å²) in [7, 11) is 0. The van der Waals surface area contributed by atoms with Gasteiger partial charge in [-0.3, -0.25) is 0 Å². The quantitative estimate of drug-likeness (QED) is 0.693. The highest BCUT2D eigenvalue weighted by Crippen LogP contribution is 2.27. The van der Waals surface area contributed by atoms with Crippen molar-refractivity contribution >= 4 is 22.4 Å². The van der Waals surface area contributed by atoms with Gasteiger partial charge in [-0.15, -0.1) is 0 Å². The van der Waals surface area contributed by atoms with Crippen LogP contribution in [0.3, 0.4) is 0 Å². The van der Waals surface area contributed by atoms with Gasteiger partial charge < -0.3 is 10.1 Å². The fraction of sp³-hybridized carbons (Fsp3) is 0.150. The molecule has 5 heteroatoms. The molecule has 0 aliphatic rings. The van der Waals surface area contributed by atoms with Crippen LogP contribution in [0.25, 0.3) is 10.9 Å². The summed E-state index contributed by atoms with van der Waals surface area (Å²) in [4.78, 5) is 8.58. The van der Waals surface area contributed by atoms with Crippen molar-refractivity contribution in [1.29, 1.82) is 5.26 Å². The van der Waals surface area contributed by atoms with Crippen LogP contribution in [0.1, 0.15) is 19.4 Å². The number of allylic oxidation sites excluding steroid dienone is 1. The highest BCUT2D eigenvalue weighted by molar-refractivity contribution is 5.90. The Bertz CT molecular complexity index is 964. The molecule has 2 aromatic carbocycles. The minimum atomic E-state index is 0.427. The Morgan fingerprint density at radius 2 is 2.04 bits per heavy atom. The van der Waals surface area contributed by atoms with Crippen molar-refractivity contribution in [3.63, 3.8) is 0 Å². The van der Waals surface area contributed by atoms with E-state index in [1.54, 1.807) is 6.07 Å². The second kappa shape index (κ2) is 7.45. The van der Waals surface area contributed by atoms with Gasteiger partial charge in [-0.25, -0.2) is 9.97 Å². The summed E-state index contributed by atoms with van der Waals surface area (Å²) in [5.41, 5.74) is 3.34. The van der Waals surface area contributed by atoms with Crippen LogP contribution in [-0.2, 0) is 0 Å². The van der Waals surface area contributed by atoms with E-state index in [1.165, 1.54) is 11.9 Å². The molecule has 5 nitrogen and oxygen atoms in total. The fourth-order valence-corrected chi connectivity index (χ4v) is 2.35. The molecule has 0 atom stereocenters. The number of hydrogen-bond donors (Lipinski definition) is 1. The van der Waals surface area contributed by atoms with E-state index in [-0.39, 0.29) is 0 Å². The number of fused-ring (bicyclic) bond motifs is 1. The second-order valence-electron chi connectivity index (χ2n) is 5.78. The van der Waals surface area contributed by atoms with E-state index in [0.29, 0.717) is 23.7 Å². The smallest absolute Gasteiger partial charge is 0.141 e. The van der Waals surface area contributed by atoms with Crippen LogP contribution in [0.4, 0.5) is 11.5 Å². The average molecular weight is 330 g/mol. The third-order valence-electron chi connectivity index (χ3n) is 3.64. The molecule has 0 bridgehead atoms. The highest BCUT2D eigenvalue weighted by atomic mass is 16.5. The van der Waals surface area contributed by atoms with E-state index >= 15 is 0 Å². The van der Waals surface area contributed by atoms with Gasteiger partial charge in [-0.1, -0.05) is 17.7 Å². The van der Waals surface area contributed by atoms with Gasteiger partial charge in [-0.05, 0) is 44.2 Å². The molecule has 124 valence electrons. The lowest BCUT2D eigenvalue weighted by Gasteiger charge is -2.11. The van der Waals surface area contributed by atoms with Gasteiger partial charge in [0.15, 0.2) is 0 Å². The number of rotatable bonds is 5. The summed E-state index contributed by atoms with van der Waals surface area (Å²) in [6.07, 6.45) is 3.50. The average Bonchev–Trinajstić information content (AvgIpc) is 2.62. The van der Waals surface area contributed by atoms with Gasteiger partial charge in [0, 0.05) is 17.1 Å². The molecule has 0 saturated heterocycles. The van der Waals surface area contributed by atoms with E-state index in [2.05, 4.69) is 21.4 Å². The van der Waals surface area contributed by atoms with Crippen LogP contribution in [0.2, 0.25) is 0 Å². The maximum atomic E-state index is 9.26. The zero-order chi connectivity index (χ0) is 17.6. The van der Waals surface area contributed by atoms with Crippen molar-refractivity contribution in [2.45, 2.75) is 13.8 Å². The minimum Gasteiger partial charge on any atom is -0.488 e. The Morgan fingerprint density at radius 1 is 1.20 bits per heavy atom. The molecule has 0 unspecified atom stereocenters. The Morgan fingerprint density at radius 3 is 2.84 bits per heavy atom. The minimum absolute atomic E-state index is 0.427. The summed E-state index contributed by atoms with van der Waals surface area (Å²) in [5, 5.41) is 13.5. The van der Waals surface area contributed by atoms with E-state index < -0.39 is 0 Å². The van der Waals surface area contributed by atoms with Crippen molar-refractivity contribution < 1.29 is 4.74 Å². The predicted octanol–water partition coefficient (Wildman–Crippen LogP) is 4.59. The van der Waals surface area contributed by atoms with Crippen LogP contribution in [0.5, 0.6) is 5.75 Å². The first-order valence-corrected chi connectivity index (χ1v) is 7.94. The second-order valence-corrected chi connectivity index (χ2v) is 5.78. The maximum absolute atomic E-state index is 9.26. The third kappa shape index (κ3) is 3.93. The molecule has 25 heavy (non-hydrogen) atoms. The van der Waals surface area contributed by atoms with Gasteiger partial charge in [-0.2, -0.15) is 5.26 Å². The Hall–Kier alpha value is -3.39. The van der Waals surface area contributed by atoms with Crippen molar-refractivity contribution in [1.82, 2.24) is 9.97 Å². The van der Waals surface area contributed by atoms with Gasteiger partial charge in [0.2, 0.25) is 0 Å². The molecule has 1 N–H and O–H groups in total. The molecule has 0 fully saturated rings. The Labute approximate surface area is 146 Å². The van der Waals surface area contributed by atoms with Gasteiger partial charge >= 0.3 is 0 Å². The third-order valence-corrected chi connectivity index (χ3v) is 3.64. The van der Waals surface area contributed by atoms with Crippen LogP contribution < -0.4 is 10.1 Å². The highest BCUT2D eigenvalue weighted by Gasteiger charge is 2.07. The molecule has 0 aliphatic carbocycles. The van der Waals surface area contributed by atoms with E-state index in [9.17, 15) is 5.26 Å². The number of nitrogens with zero attached hydrogens (tertiary/aromatic N) is 3. The number of ether oxygens (including phenoxy) is 1. The van der Waals surface area contributed by atoms with Crippen molar-refractivity contribution in [2.75, 3.05) is 11.9 Å². The first-order chi connectivity index (χ1) is 12.2. The summed E-state index contributed by atoms with van der Waals surface area (Å²) >= 11 is 0. The predicted molar refractivity (Wildman–Crippen MR) is 98.9 cm³/mol. The number of nitrogens with one attached hydrogen (secondary N) is 1. The molecule has 1 heterocycles. The lowest BCUT2D eigenvalue weighted by Crippen LogP contribution is -2.00. The Kier molecular flexibility index (Phi) is 4.91. The number of hydrogen-bond acceptors (Lipinski definition) is 5. The lowest BCUT2D eigenvalue weighted by atomic mass is 10.2. The number of benzene rings is 2. The monoisotopic (exact) mass is 330 g/mol. The van der Waals surface area contributed by atoms with Crippen LogP contribution in [-0.4, -0.2) is 16.6 Å². The normalized spacial score (nSPS) is 10.1. The van der Waals surface area contributed by atoms with E-state index in [1.807, 2.05) is 56.3 Å². The first-order valence-electron chi connectivity index (χ1n) is 7.94. The molecule has 0 radical (unpaired) electrons. The molecule has 1 aromatic heterocycles. The number of nitriles is 1. The summed E-state index contributed by atoms with van der Waals surface area (Å²) in [6, 6.07) is 15.3. The van der Waals surface area contributed by atoms with Crippen molar-refractivity contribution in [2.24, 2.45) is 0 Å². The molecule has 3 rings (SSSR count). The molecular weight excluding hydrogens is 312 g/mol. The van der Waals surface area contributed by atoms with Crippen LogP contribution in [0, 0.1) is 11.3 Å². The van der Waals surface area contributed by atoms with Crippen molar-refractivity contribution in [3.05, 3.63) is 66.0 Å². The number of anilines is 2. The number of para-hydroxylation sites is 1. The summed E-state index contributed by atoms with van der Waals surface area (Å²) in [5.74, 6) is 1.26. The lowest BCUT2D eigenvalue weighted by molar-refractivity contribution is 0.361. The zero-order valence-electron chi connectivity index (χ0n) is 14.2. The molecule has 3 aromatic rings.